The molecule has 3 rings (SSSR count). The second-order valence-electron chi connectivity index (χ2n) is 5.38. The van der Waals surface area contributed by atoms with Crippen LogP contribution in [0.4, 0.5) is 11.4 Å². The lowest BCUT2D eigenvalue weighted by Gasteiger charge is -2.30. The molecule has 2 heterocycles. The van der Waals surface area contributed by atoms with Crippen LogP contribution in [0.3, 0.4) is 0 Å². The molecule has 1 aromatic carbocycles. The van der Waals surface area contributed by atoms with E-state index in [0.29, 0.717) is 0 Å². The molecule has 0 spiro atoms. The van der Waals surface area contributed by atoms with E-state index in [1.54, 1.807) is 0 Å². The summed E-state index contributed by atoms with van der Waals surface area (Å²) in [6.07, 6.45) is 6.57. The molecule has 0 atom stereocenters. The highest BCUT2D eigenvalue weighted by molar-refractivity contribution is 6.33. The SMILES string of the molecule is Clc1cc(N2CCCC2)ccc1N1CCCCC1. The molecule has 2 fully saturated rings. The number of rotatable bonds is 2. The Morgan fingerprint density at radius 2 is 1.39 bits per heavy atom. The Labute approximate surface area is 115 Å². The van der Waals surface area contributed by atoms with E-state index in [4.69, 9.17) is 11.6 Å². The number of piperidine rings is 1. The highest BCUT2D eigenvalue weighted by Gasteiger charge is 2.17. The van der Waals surface area contributed by atoms with Gasteiger partial charge in [0.2, 0.25) is 0 Å². The Bertz CT molecular complexity index is 407. The maximum Gasteiger partial charge on any atom is 0.0660 e. The van der Waals surface area contributed by atoms with E-state index in [-0.39, 0.29) is 0 Å². The Hall–Kier alpha value is -0.890. The van der Waals surface area contributed by atoms with Gasteiger partial charge in [-0.3, -0.25) is 0 Å². The molecule has 2 nitrogen and oxygen atoms in total. The van der Waals surface area contributed by atoms with Gasteiger partial charge in [0.15, 0.2) is 0 Å². The molecule has 1 aromatic rings. The highest BCUT2D eigenvalue weighted by Crippen LogP contribution is 2.33. The minimum absolute atomic E-state index is 0.918. The molecule has 18 heavy (non-hydrogen) atoms. The zero-order valence-corrected chi connectivity index (χ0v) is 11.6. The molecule has 2 aliphatic rings. The normalized spacial score (nSPS) is 20.5. The van der Waals surface area contributed by atoms with Crippen LogP contribution in [-0.2, 0) is 0 Å². The summed E-state index contributed by atoms with van der Waals surface area (Å²) in [6.45, 7) is 4.67. The van der Waals surface area contributed by atoms with Crippen molar-refractivity contribution >= 4 is 23.0 Å². The zero-order chi connectivity index (χ0) is 12.4. The zero-order valence-electron chi connectivity index (χ0n) is 10.9. The van der Waals surface area contributed by atoms with Crippen molar-refractivity contribution in [1.82, 2.24) is 0 Å². The molecule has 0 saturated carbocycles. The molecule has 0 N–H and O–H groups in total. The van der Waals surface area contributed by atoms with Crippen molar-refractivity contribution in [3.05, 3.63) is 23.2 Å². The van der Waals surface area contributed by atoms with Crippen molar-refractivity contribution in [2.24, 2.45) is 0 Å². The van der Waals surface area contributed by atoms with E-state index in [9.17, 15) is 0 Å². The van der Waals surface area contributed by atoms with Crippen LogP contribution in [0.5, 0.6) is 0 Å². The number of nitrogens with zero attached hydrogens (tertiary/aromatic N) is 2. The second kappa shape index (κ2) is 5.40. The van der Waals surface area contributed by atoms with Crippen LogP contribution < -0.4 is 9.80 Å². The molecule has 3 heteroatoms. The predicted molar refractivity (Wildman–Crippen MR) is 79.0 cm³/mol. The van der Waals surface area contributed by atoms with Crippen molar-refractivity contribution in [2.45, 2.75) is 32.1 Å². The van der Waals surface area contributed by atoms with Gasteiger partial charge in [-0.2, -0.15) is 0 Å². The van der Waals surface area contributed by atoms with Gasteiger partial charge in [0.25, 0.3) is 0 Å². The second-order valence-corrected chi connectivity index (χ2v) is 5.78. The Morgan fingerprint density at radius 1 is 0.778 bits per heavy atom. The number of hydrogen-bond acceptors (Lipinski definition) is 2. The quantitative estimate of drug-likeness (QED) is 0.799. The molecular formula is C15H21ClN2. The van der Waals surface area contributed by atoms with Crippen LogP contribution >= 0.6 is 11.6 Å². The van der Waals surface area contributed by atoms with E-state index in [0.717, 1.165) is 18.1 Å². The van der Waals surface area contributed by atoms with Crippen molar-refractivity contribution in [3.8, 4) is 0 Å². The van der Waals surface area contributed by atoms with Crippen LogP contribution in [0, 0.1) is 0 Å². The predicted octanol–water partition coefficient (Wildman–Crippen LogP) is 3.93. The molecule has 98 valence electrons. The molecule has 0 amide bonds. The van der Waals surface area contributed by atoms with E-state index >= 15 is 0 Å². The largest absolute Gasteiger partial charge is 0.371 e. The third kappa shape index (κ3) is 2.44. The van der Waals surface area contributed by atoms with Gasteiger partial charge in [-0.25, -0.2) is 0 Å². The van der Waals surface area contributed by atoms with Gasteiger partial charge >= 0.3 is 0 Å². The summed E-state index contributed by atoms with van der Waals surface area (Å²) in [5.41, 5.74) is 2.51. The van der Waals surface area contributed by atoms with Crippen molar-refractivity contribution in [3.63, 3.8) is 0 Å². The van der Waals surface area contributed by atoms with Gasteiger partial charge in [0.1, 0.15) is 0 Å². The standard InChI is InChI=1S/C15H21ClN2/c16-14-12-13(17-8-4-5-9-17)6-7-15(14)18-10-2-1-3-11-18/h6-7,12H,1-5,8-11H2. The first-order valence-electron chi connectivity index (χ1n) is 7.14. The molecule has 0 aliphatic carbocycles. The number of anilines is 2. The maximum absolute atomic E-state index is 6.47. The van der Waals surface area contributed by atoms with E-state index < -0.39 is 0 Å². The summed E-state index contributed by atoms with van der Waals surface area (Å²) >= 11 is 6.47. The van der Waals surface area contributed by atoms with Crippen LogP contribution in [0.25, 0.3) is 0 Å². The smallest absolute Gasteiger partial charge is 0.0660 e. The maximum atomic E-state index is 6.47. The lowest BCUT2D eigenvalue weighted by atomic mass is 10.1. The fraction of sp³-hybridized carbons (Fsp3) is 0.600. The van der Waals surface area contributed by atoms with Crippen LogP contribution in [0.2, 0.25) is 5.02 Å². The highest BCUT2D eigenvalue weighted by atomic mass is 35.5. The van der Waals surface area contributed by atoms with E-state index in [1.807, 2.05) is 0 Å². The van der Waals surface area contributed by atoms with Crippen LogP contribution in [-0.4, -0.2) is 26.2 Å². The first-order valence-corrected chi connectivity index (χ1v) is 7.52. The van der Waals surface area contributed by atoms with Gasteiger partial charge in [-0.05, 0) is 50.3 Å². The number of benzene rings is 1. The summed E-state index contributed by atoms with van der Waals surface area (Å²) in [4.78, 5) is 4.87. The summed E-state index contributed by atoms with van der Waals surface area (Å²) in [6, 6.07) is 6.60. The fourth-order valence-corrected chi connectivity index (χ4v) is 3.35. The van der Waals surface area contributed by atoms with Crippen LogP contribution in [0.1, 0.15) is 32.1 Å². The summed E-state index contributed by atoms with van der Waals surface area (Å²) in [5, 5.41) is 0.918. The number of halogens is 1. The summed E-state index contributed by atoms with van der Waals surface area (Å²) in [5.74, 6) is 0. The van der Waals surface area contributed by atoms with Crippen molar-refractivity contribution in [2.75, 3.05) is 36.0 Å². The van der Waals surface area contributed by atoms with Crippen LogP contribution in [0.15, 0.2) is 18.2 Å². The van der Waals surface area contributed by atoms with Gasteiger partial charge < -0.3 is 9.80 Å². The summed E-state index contributed by atoms with van der Waals surface area (Å²) < 4.78 is 0. The summed E-state index contributed by atoms with van der Waals surface area (Å²) in [7, 11) is 0. The average Bonchev–Trinajstić information content (AvgIpc) is 2.93. The molecule has 0 unspecified atom stereocenters. The minimum atomic E-state index is 0.918. The Balaban J connectivity index is 1.79. The minimum Gasteiger partial charge on any atom is -0.371 e. The fourth-order valence-electron chi connectivity index (χ4n) is 3.06. The van der Waals surface area contributed by atoms with Crippen molar-refractivity contribution in [1.29, 1.82) is 0 Å². The van der Waals surface area contributed by atoms with E-state index in [1.165, 1.54) is 56.6 Å². The first kappa shape index (κ1) is 12.2. The van der Waals surface area contributed by atoms with Gasteiger partial charge in [-0.15, -0.1) is 0 Å². The molecule has 2 aliphatic heterocycles. The molecule has 0 radical (unpaired) electrons. The number of hydrogen-bond donors (Lipinski definition) is 0. The third-order valence-corrected chi connectivity index (χ3v) is 4.40. The molecule has 0 aromatic heterocycles. The molecule has 2 saturated heterocycles. The topological polar surface area (TPSA) is 6.48 Å². The van der Waals surface area contributed by atoms with E-state index in [2.05, 4.69) is 28.0 Å². The lowest BCUT2D eigenvalue weighted by molar-refractivity contribution is 0.578. The monoisotopic (exact) mass is 264 g/mol. The molecule has 0 bridgehead atoms. The van der Waals surface area contributed by atoms with Gasteiger partial charge in [0.05, 0.1) is 10.7 Å². The van der Waals surface area contributed by atoms with Gasteiger partial charge in [0, 0.05) is 31.9 Å². The molecular weight excluding hydrogens is 244 g/mol. The Kier molecular flexibility index (Phi) is 3.64. The third-order valence-electron chi connectivity index (χ3n) is 4.10. The lowest BCUT2D eigenvalue weighted by Crippen LogP contribution is -2.29. The first-order chi connectivity index (χ1) is 8.84. The van der Waals surface area contributed by atoms with Gasteiger partial charge in [-0.1, -0.05) is 11.6 Å². The Morgan fingerprint density at radius 3 is 2.06 bits per heavy atom. The average molecular weight is 265 g/mol. The van der Waals surface area contributed by atoms with Crippen molar-refractivity contribution < 1.29 is 0 Å².